The lowest BCUT2D eigenvalue weighted by molar-refractivity contribution is -0.138. The quantitative estimate of drug-likeness (QED) is 0.918. The van der Waals surface area contributed by atoms with Crippen LogP contribution in [-0.4, -0.2) is 33.5 Å². The second-order valence-electron chi connectivity index (χ2n) is 5.34. The summed E-state index contributed by atoms with van der Waals surface area (Å²) in [6, 6.07) is 3.88. The molecular formula is C15H18N2O3S. The van der Waals surface area contributed by atoms with Crippen molar-refractivity contribution in [3.8, 4) is 10.8 Å². The Morgan fingerprint density at radius 2 is 2.43 bits per heavy atom. The number of carboxylic acid groups (broad SMARTS) is 1. The van der Waals surface area contributed by atoms with Crippen molar-refractivity contribution in [2.75, 3.05) is 6.54 Å². The molecule has 2 aromatic rings. The number of furan rings is 1. The largest absolute Gasteiger partial charge is 0.481 e. The lowest BCUT2D eigenvalue weighted by Gasteiger charge is -2.34. The van der Waals surface area contributed by atoms with Crippen molar-refractivity contribution in [3.63, 3.8) is 0 Å². The van der Waals surface area contributed by atoms with Gasteiger partial charge in [-0.3, -0.25) is 9.69 Å². The molecule has 0 saturated carbocycles. The summed E-state index contributed by atoms with van der Waals surface area (Å²) in [4.78, 5) is 17.8. The van der Waals surface area contributed by atoms with Crippen LogP contribution in [0.2, 0.25) is 0 Å². The Bertz CT molecular complexity index is 594. The molecule has 0 aromatic carbocycles. The van der Waals surface area contributed by atoms with E-state index in [1.165, 1.54) is 0 Å². The maximum Gasteiger partial charge on any atom is 0.304 e. The van der Waals surface area contributed by atoms with Crippen LogP contribution in [0.3, 0.4) is 0 Å². The van der Waals surface area contributed by atoms with E-state index < -0.39 is 5.97 Å². The Balaban J connectivity index is 1.68. The molecule has 0 spiro atoms. The van der Waals surface area contributed by atoms with Gasteiger partial charge in [-0.1, -0.05) is 6.42 Å². The third-order valence-corrected chi connectivity index (χ3v) is 4.71. The van der Waals surface area contributed by atoms with Gasteiger partial charge in [-0.25, -0.2) is 4.98 Å². The SMILES string of the molecule is O=C(O)CC1CCCCN1Cc1csc(-c2ccco2)n1. The molecular weight excluding hydrogens is 288 g/mol. The third kappa shape index (κ3) is 3.51. The molecule has 5 nitrogen and oxygen atoms in total. The summed E-state index contributed by atoms with van der Waals surface area (Å²) >= 11 is 1.56. The van der Waals surface area contributed by atoms with Crippen molar-refractivity contribution in [1.29, 1.82) is 0 Å². The number of nitrogens with zero attached hydrogens (tertiary/aromatic N) is 2. The number of carbonyl (C=O) groups is 1. The highest BCUT2D eigenvalue weighted by atomic mass is 32.1. The van der Waals surface area contributed by atoms with E-state index >= 15 is 0 Å². The molecule has 0 aliphatic carbocycles. The number of piperidine rings is 1. The van der Waals surface area contributed by atoms with Crippen LogP contribution in [0, 0.1) is 0 Å². The van der Waals surface area contributed by atoms with Crippen LogP contribution >= 0.6 is 11.3 Å². The summed E-state index contributed by atoms with van der Waals surface area (Å²) in [6.07, 6.45) is 5.06. The van der Waals surface area contributed by atoms with Gasteiger partial charge in [0.1, 0.15) is 0 Å². The fourth-order valence-electron chi connectivity index (χ4n) is 2.80. The molecule has 21 heavy (non-hydrogen) atoms. The number of aliphatic carboxylic acids is 1. The zero-order chi connectivity index (χ0) is 14.7. The monoisotopic (exact) mass is 306 g/mol. The fourth-order valence-corrected chi connectivity index (χ4v) is 3.58. The normalized spacial score (nSPS) is 19.7. The number of hydrogen-bond donors (Lipinski definition) is 1. The molecule has 6 heteroatoms. The van der Waals surface area contributed by atoms with Crippen LogP contribution < -0.4 is 0 Å². The topological polar surface area (TPSA) is 66.6 Å². The lowest BCUT2D eigenvalue weighted by atomic mass is 9.99. The average molecular weight is 306 g/mol. The second kappa shape index (κ2) is 6.41. The van der Waals surface area contributed by atoms with Crippen LogP contribution in [0.25, 0.3) is 10.8 Å². The Kier molecular flexibility index (Phi) is 4.36. The molecule has 3 heterocycles. The Labute approximate surface area is 127 Å². The van der Waals surface area contributed by atoms with Crippen LogP contribution in [0.15, 0.2) is 28.2 Å². The number of thiazole rings is 1. The van der Waals surface area contributed by atoms with Crippen LogP contribution in [0.5, 0.6) is 0 Å². The number of hydrogen-bond acceptors (Lipinski definition) is 5. The van der Waals surface area contributed by atoms with Gasteiger partial charge in [-0.05, 0) is 31.5 Å². The fraction of sp³-hybridized carbons (Fsp3) is 0.467. The van der Waals surface area contributed by atoms with E-state index in [-0.39, 0.29) is 12.5 Å². The molecule has 1 unspecified atom stereocenters. The van der Waals surface area contributed by atoms with E-state index in [0.29, 0.717) is 0 Å². The molecule has 1 fully saturated rings. The van der Waals surface area contributed by atoms with Gasteiger partial charge < -0.3 is 9.52 Å². The first kappa shape index (κ1) is 14.3. The molecule has 1 atom stereocenters. The Hall–Kier alpha value is -1.66. The van der Waals surface area contributed by atoms with Gasteiger partial charge in [0.2, 0.25) is 0 Å². The first-order chi connectivity index (χ1) is 10.2. The average Bonchev–Trinajstić information content (AvgIpc) is 3.11. The zero-order valence-electron chi connectivity index (χ0n) is 11.7. The first-order valence-electron chi connectivity index (χ1n) is 7.16. The van der Waals surface area contributed by atoms with Crippen molar-refractivity contribution < 1.29 is 14.3 Å². The standard InChI is InChI=1S/C15H18N2O3S/c18-14(19)8-12-4-1-2-6-17(12)9-11-10-21-15(16-11)13-5-3-7-20-13/h3,5,7,10,12H,1-2,4,6,8-9H2,(H,18,19). The van der Waals surface area contributed by atoms with E-state index in [0.717, 1.165) is 48.8 Å². The molecule has 1 aliphatic heterocycles. The lowest BCUT2D eigenvalue weighted by Crippen LogP contribution is -2.40. The molecule has 1 saturated heterocycles. The smallest absolute Gasteiger partial charge is 0.304 e. The van der Waals surface area contributed by atoms with Crippen molar-refractivity contribution >= 4 is 17.3 Å². The van der Waals surface area contributed by atoms with Crippen LogP contribution in [0.1, 0.15) is 31.4 Å². The van der Waals surface area contributed by atoms with E-state index in [4.69, 9.17) is 9.52 Å². The third-order valence-electron chi connectivity index (χ3n) is 3.81. The summed E-state index contributed by atoms with van der Waals surface area (Å²) in [6.45, 7) is 1.67. The van der Waals surface area contributed by atoms with Crippen molar-refractivity contribution in [2.45, 2.75) is 38.3 Å². The molecule has 0 radical (unpaired) electrons. The highest BCUT2D eigenvalue weighted by molar-refractivity contribution is 7.13. The molecule has 1 aliphatic rings. The van der Waals surface area contributed by atoms with Crippen molar-refractivity contribution in [3.05, 3.63) is 29.5 Å². The molecule has 0 bridgehead atoms. The highest BCUT2D eigenvalue weighted by Crippen LogP contribution is 2.26. The highest BCUT2D eigenvalue weighted by Gasteiger charge is 2.25. The predicted octanol–water partition coefficient (Wildman–Crippen LogP) is 3.23. The van der Waals surface area contributed by atoms with Crippen molar-refractivity contribution in [2.24, 2.45) is 0 Å². The van der Waals surface area contributed by atoms with Gasteiger partial charge in [0, 0.05) is 18.0 Å². The predicted molar refractivity (Wildman–Crippen MR) is 80.1 cm³/mol. The number of rotatable bonds is 5. The van der Waals surface area contributed by atoms with Gasteiger partial charge in [-0.15, -0.1) is 11.3 Å². The number of aromatic nitrogens is 1. The zero-order valence-corrected chi connectivity index (χ0v) is 12.5. The first-order valence-corrected chi connectivity index (χ1v) is 8.04. The minimum atomic E-state index is -0.721. The van der Waals surface area contributed by atoms with E-state index in [1.807, 2.05) is 17.5 Å². The van der Waals surface area contributed by atoms with Gasteiger partial charge in [0.05, 0.1) is 18.4 Å². The van der Waals surface area contributed by atoms with Gasteiger partial charge in [0.15, 0.2) is 10.8 Å². The molecule has 0 amide bonds. The summed E-state index contributed by atoms with van der Waals surface area (Å²) in [5, 5.41) is 11.9. The van der Waals surface area contributed by atoms with E-state index in [9.17, 15) is 4.79 Å². The minimum absolute atomic E-state index is 0.130. The van der Waals surface area contributed by atoms with Gasteiger partial charge >= 0.3 is 5.97 Å². The molecule has 3 rings (SSSR count). The van der Waals surface area contributed by atoms with Gasteiger partial charge in [-0.2, -0.15) is 0 Å². The Morgan fingerprint density at radius 3 is 3.19 bits per heavy atom. The second-order valence-corrected chi connectivity index (χ2v) is 6.20. The molecule has 1 N–H and O–H groups in total. The minimum Gasteiger partial charge on any atom is -0.481 e. The van der Waals surface area contributed by atoms with Gasteiger partial charge in [0.25, 0.3) is 0 Å². The van der Waals surface area contributed by atoms with E-state index in [2.05, 4.69) is 9.88 Å². The van der Waals surface area contributed by atoms with Crippen molar-refractivity contribution in [1.82, 2.24) is 9.88 Å². The summed E-state index contributed by atoms with van der Waals surface area (Å²) in [5.41, 5.74) is 0.990. The molecule has 2 aromatic heterocycles. The number of likely N-dealkylation sites (tertiary alicyclic amines) is 1. The summed E-state index contributed by atoms with van der Waals surface area (Å²) in [7, 11) is 0. The summed E-state index contributed by atoms with van der Waals surface area (Å²) < 4.78 is 5.35. The van der Waals surface area contributed by atoms with Crippen LogP contribution in [-0.2, 0) is 11.3 Å². The maximum absolute atomic E-state index is 11.0. The molecule has 112 valence electrons. The Morgan fingerprint density at radius 1 is 1.52 bits per heavy atom. The maximum atomic E-state index is 11.0. The number of carboxylic acids is 1. The van der Waals surface area contributed by atoms with E-state index in [1.54, 1.807) is 17.6 Å². The van der Waals surface area contributed by atoms with Crippen LogP contribution in [0.4, 0.5) is 0 Å². The summed E-state index contributed by atoms with van der Waals surface area (Å²) in [5.74, 6) is 0.0634.